The molecule has 0 fully saturated rings. The number of carbonyl (C=O) groups excluding carboxylic acids is 2. The number of hydrogen-bond donors (Lipinski definition) is 1. The van der Waals surface area contributed by atoms with Gasteiger partial charge in [-0.15, -0.1) is 0 Å². The van der Waals surface area contributed by atoms with Gasteiger partial charge in [0, 0.05) is 17.1 Å². The van der Waals surface area contributed by atoms with Crippen molar-refractivity contribution in [3.8, 4) is 0 Å². The van der Waals surface area contributed by atoms with Crippen LogP contribution in [0.1, 0.15) is 50.8 Å². The van der Waals surface area contributed by atoms with Crippen LogP contribution in [0.5, 0.6) is 0 Å². The minimum absolute atomic E-state index is 0.0773. The van der Waals surface area contributed by atoms with E-state index in [4.69, 9.17) is 11.6 Å². The fourth-order valence-corrected chi connectivity index (χ4v) is 3.35. The van der Waals surface area contributed by atoms with Crippen molar-refractivity contribution in [2.75, 3.05) is 0 Å². The minimum atomic E-state index is -0.534. The smallest absolute Gasteiger partial charge is 0.243 e. The first-order valence-electron chi connectivity index (χ1n) is 10.0. The van der Waals surface area contributed by atoms with E-state index in [0.717, 1.165) is 16.7 Å². The lowest BCUT2D eigenvalue weighted by molar-refractivity contribution is -0.141. The van der Waals surface area contributed by atoms with Crippen LogP contribution in [0.3, 0.4) is 0 Å². The van der Waals surface area contributed by atoms with Gasteiger partial charge in [-0.25, -0.2) is 0 Å². The second kappa shape index (κ2) is 9.93. The average Bonchev–Trinajstić information content (AvgIpc) is 2.63. The molecule has 5 heteroatoms. The predicted molar refractivity (Wildman–Crippen MR) is 119 cm³/mol. The third-order valence-electron chi connectivity index (χ3n) is 4.75. The topological polar surface area (TPSA) is 49.4 Å². The van der Waals surface area contributed by atoms with Gasteiger partial charge in [0.25, 0.3) is 0 Å². The molecule has 2 amide bonds. The van der Waals surface area contributed by atoms with Crippen LogP contribution >= 0.6 is 11.6 Å². The summed E-state index contributed by atoms with van der Waals surface area (Å²) in [5, 5.41) is 3.66. The van der Waals surface area contributed by atoms with Crippen LogP contribution in [0.2, 0.25) is 5.02 Å². The van der Waals surface area contributed by atoms with E-state index in [-0.39, 0.29) is 23.8 Å². The zero-order valence-corrected chi connectivity index (χ0v) is 18.7. The van der Waals surface area contributed by atoms with Gasteiger partial charge in [-0.3, -0.25) is 9.59 Å². The maximum absolute atomic E-state index is 13.3. The Morgan fingerprint density at radius 2 is 1.69 bits per heavy atom. The summed E-state index contributed by atoms with van der Waals surface area (Å²) in [6, 6.07) is 14.7. The summed E-state index contributed by atoms with van der Waals surface area (Å²) in [5.41, 5.74) is 2.65. The highest BCUT2D eigenvalue weighted by Crippen LogP contribution is 2.18. The van der Waals surface area contributed by atoms with E-state index in [9.17, 15) is 9.59 Å². The zero-order chi connectivity index (χ0) is 21.6. The number of benzene rings is 2. The van der Waals surface area contributed by atoms with Crippen LogP contribution in [-0.2, 0) is 22.6 Å². The van der Waals surface area contributed by atoms with Gasteiger partial charge in [-0.1, -0.05) is 54.9 Å². The predicted octanol–water partition coefficient (Wildman–Crippen LogP) is 4.91. The Kier molecular flexibility index (Phi) is 7.86. The summed E-state index contributed by atoms with van der Waals surface area (Å²) in [6.45, 7) is 10.2. The molecule has 1 N–H and O–H groups in total. The minimum Gasteiger partial charge on any atom is -0.350 e. The molecule has 156 valence electrons. The maximum Gasteiger partial charge on any atom is 0.243 e. The molecule has 1 unspecified atom stereocenters. The molecular weight excluding hydrogens is 384 g/mol. The second-order valence-electron chi connectivity index (χ2n) is 8.41. The number of halogens is 1. The molecule has 0 radical (unpaired) electrons. The van der Waals surface area contributed by atoms with Crippen molar-refractivity contribution in [3.05, 3.63) is 70.2 Å². The van der Waals surface area contributed by atoms with E-state index in [1.807, 2.05) is 71.0 Å². The van der Waals surface area contributed by atoms with Gasteiger partial charge in [-0.05, 0) is 62.9 Å². The first kappa shape index (κ1) is 23.0. The molecule has 0 aliphatic carbocycles. The normalized spacial score (nSPS) is 12.3. The summed E-state index contributed by atoms with van der Waals surface area (Å²) in [5.74, 6) is -0.204. The molecule has 0 bridgehead atoms. The van der Waals surface area contributed by atoms with E-state index in [1.165, 1.54) is 0 Å². The molecule has 0 spiro atoms. The van der Waals surface area contributed by atoms with Crippen LogP contribution < -0.4 is 5.32 Å². The van der Waals surface area contributed by atoms with Crippen LogP contribution in [0.25, 0.3) is 0 Å². The Labute approximate surface area is 179 Å². The molecule has 2 rings (SSSR count). The SMILES string of the molecule is CCC(C(=O)NC(C)(C)C)N(Cc1ccccc1C)C(=O)Cc1ccc(Cl)cc1. The Hall–Kier alpha value is -2.33. The summed E-state index contributed by atoms with van der Waals surface area (Å²) in [6.07, 6.45) is 0.766. The molecule has 2 aromatic rings. The number of aryl methyl sites for hydroxylation is 1. The number of carbonyl (C=O) groups is 2. The van der Waals surface area contributed by atoms with Crippen molar-refractivity contribution in [1.82, 2.24) is 10.2 Å². The number of rotatable bonds is 7. The molecular formula is C24H31ClN2O2. The number of hydrogen-bond acceptors (Lipinski definition) is 2. The van der Waals surface area contributed by atoms with Gasteiger partial charge in [0.15, 0.2) is 0 Å². The van der Waals surface area contributed by atoms with Gasteiger partial charge in [-0.2, -0.15) is 0 Å². The molecule has 0 aliphatic rings. The number of nitrogens with one attached hydrogen (secondary N) is 1. The first-order chi connectivity index (χ1) is 13.6. The largest absolute Gasteiger partial charge is 0.350 e. The summed E-state index contributed by atoms with van der Waals surface area (Å²) in [7, 11) is 0. The maximum atomic E-state index is 13.3. The van der Waals surface area contributed by atoms with E-state index in [2.05, 4.69) is 5.32 Å². The highest BCUT2D eigenvalue weighted by Gasteiger charge is 2.30. The van der Waals surface area contributed by atoms with Gasteiger partial charge in [0.05, 0.1) is 6.42 Å². The summed E-state index contributed by atoms with van der Waals surface area (Å²) < 4.78 is 0. The fraction of sp³-hybridized carbons (Fsp3) is 0.417. The first-order valence-corrected chi connectivity index (χ1v) is 10.4. The monoisotopic (exact) mass is 414 g/mol. The summed E-state index contributed by atoms with van der Waals surface area (Å²) in [4.78, 5) is 28.0. The number of amides is 2. The van der Waals surface area contributed by atoms with Crippen LogP contribution in [0.4, 0.5) is 0 Å². The lowest BCUT2D eigenvalue weighted by Crippen LogP contribution is -2.53. The standard InChI is InChI=1S/C24H31ClN2O2/c1-6-21(23(29)26-24(3,4)5)27(16-19-10-8-7-9-17(19)2)22(28)15-18-11-13-20(25)14-12-18/h7-14,21H,6,15-16H2,1-5H3,(H,26,29). The van der Waals surface area contributed by atoms with Gasteiger partial charge < -0.3 is 10.2 Å². The van der Waals surface area contributed by atoms with Crippen LogP contribution in [0.15, 0.2) is 48.5 Å². The van der Waals surface area contributed by atoms with Crippen molar-refractivity contribution in [2.45, 2.75) is 65.6 Å². The lowest BCUT2D eigenvalue weighted by atomic mass is 10.0. The molecule has 2 aromatic carbocycles. The molecule has 29 heavy (non-hydrogen) atoms. The third kappa shape index (κ3) is 6.90. The number of nitrogens with zero attached hydrogens (tertiary/aromatic N) is 1. The van der Waals surface area contributed by atoms with Crippen molar-refractivity contribution >= 4 is 23.4 Å². The zero-order valence-electron chi connectivity index (χ0n) is 18.0. The average molecular weight is 415 g/mol. The quantitative estimate of drug-likeness (QED) is 0.699. The van der Waals surface area contributed by atoms with E-state index in [1.54, 1.807) is 17.0 Å². The van der Waals surface area contributed by atoms with Crippen molar-refractivity contribution in [3.63, 3.8) is 0 Å². The van der Waals surface area contributed by atoms with Crippen LogP contribution in [-0.4, -0.2) is 28.3 Å². The van der Waals surface area contributed by atoms with Crippen molar-refractivity contribution < 1.29 is 9.59 Å². The molecule has 0 aromatic heterocycles. The Morgan fingerprint density at radius 1 is 1.07 bits per heavy atom. The highest BCUT2D eigenvalue weighted by atomic mass is 35.5. The van der Waals surface area contributed by atoms with E-state index >= 15 is 0 Å². The second-order valence-corrected chi connectivity index (χ2v) is 8.85. The molecule has 4 nitrogen and oxygen atoms in total. The molecule has 0 aliphatic heterocycles. The van der Waals surface area contributed by atoms with Gasteiger partial charge in [0.1, 0.15) is 6.04 Å². The Bertz CT molecular complexity index is 841. The Morgan fingerprint density at radius 3 is 2.24 bits per heavy atom. The lowest BCUT2D eigenvalue weighted by Gasteiger charge is -2.33. The van der Waals surface area contributed by atoms with Gasteiger partial charge >= 0.3 is 0 Å². The molecule has 0 heterocycles. The fourth-order valence-electron chi connectivity index (χ4n) is 3.22. The molecule has 0 saturated carbocycles. The Balaban J connectivity index is 2.32. The summed E-state index contributed by atoms with van der Waals surface area (Å²) >= 11 is 5.96. The highest BCUT2D eigenvalue weighted by molar-refractivity contribution is 6.30. The van der Waals surface area contributed by atoms with Crippen molar-refractivity contribution in [1.29, 1.82) is 0 Å². The molecule has 1 atom stereocenters. The molecule has 0 saturated heterocycles. The van der Waals surface area contributed by atoms with E-state index < -0.39 is 6.04 Å². The van der Waals surface area contributed by atoms with Crippen molar-refractivity contribution in [2.24, 2.45) is 0 Å². The van der Waals surface area contributed by atoms with Gasteiger partial charge in [0.2, 0.25) is 11.8 Å². The van der Waals surface area contributed by atoms with Crippen LogP contribution in [0, 0.1) is 6.92 Å². The third-order valence-corrected chi connectivity index (χ3v) is 5.01. The van der Waals surface area contributed by atoms with E-state index in [0.29, 0.717) is 18.0 Å².